The van der Waals surface area contributed by atoms with Gasteiger partial charge in [-0.25, -0.2) is 0 Å². The maximum atomic E-state index is 9.97. The number of phenolic OH excluding ortho intramolecular Hbond substituents is 1. The van der Waals surface area contributed by atoms with Crippen molar-refractivity contribution in [2.75, 3.05) is 6.54 Å². The Bertz CT molecular complexity index is 510. The van der Waals surface area contributed by atoms with Crippen molar-refractivity contribution in [2.45, 2.75) is 19.6 Å². The number of hydrogen-bond donors (Lipinski definition) is 3. The zero-order chi connectivity index (χ0) is 13.0. The van der Waals surface area contributed by atoms with Gasteiger partial charge in [-0.2, -0.15) is 0 Å². The molecule has 18 heavy (non-hydrogen) atoms. The molecule has 3 N–H and O–H groups in total. The summed E-state index contributed by atoms with van der Waals surface area (Å²) in [6.45, 7) is 3.32. The van der Waals surface area contributed by atoms with E-state index in [4.69, 9.17) is 0 Å². The minimum atomic E-state index is -0.600. The first-order valence-electron chi connectivity index (χ1n) is 5.87. The zero-order valence-corrected chi connectivity index (χ0v) is 11.1. The fourth-order valence-corrected chi connectivity index (χ4v) is 2.63. The summed E-state index contributed by atoms with van der Waals surface area (Å²) >= 11 is 1.72. The van der Waals surface area contributed by atoms with E-state index in [1.54, 1.807) is 29.5 Å². The summed E-state index contributed by atoms with van der Waals surface area (Å²) in [6, 6.07) is 8.81. The van der Waals surface area contributed by atoms with Crippen molar-refractivity contribution in [3.63, 3.8) is 0 Å². The van der Waals surface area contributed by atoms with Crippen LogP contribution in [-0.4, -0.2) is 16.8 Å². The Labute approximate surface area is 111 Å². The van der Waals surface area contributed by atoms with Gasteiger partial charge in [0.05, 0.1) is 6.10 Å². The number of rotatable bonds is 5. The highest BCUT2D eigenvalue weighted by atomic mass is 32.1. The first-order valence-corrected chi connectivity index (χ1v) is 6.75. The summed E-state index contributed by atoms with van der Waals surface area (Å²) in [5.74, 6) is 0.181. The third-order valence-corrected chi connectivity index (χ3v) is 3.87. The first-order chi connectivity index (χ1) is 8.66. The second kappa shape index (κ2) is 6.00. The van der Waals surface area contributed by atoms with Crippen molar-refractivity contribution in [1.82, 2.24) is 5.32 Å². The third kappa shape index (κ3) is 3.32. The van der Waals surface area contributed by atoms with Crippen LogP contribution in [0.3, 0.4) is 0 Å². The van der Waals surface area contributed by atoms with Gasteiger partial charge in [-0.1, -0.05) is 12.1 Å². The van der Waals surface area contributed by atoms with Gasteiger partial charge in [0.2, 0.25) is 0 Å². The molecule has 96 valence electrons. The molecule has 0 amide bonds. The number of aliphatic hydroxyl groups excluding tert-OH is 1. The lowest BCUT2D eigenvalue weighted by Gasteiger charge is -2.12. The van der Waals surface area contributed by atoms with Crippen LogP contribution in [0.25, 0.3) is 0 Å². The Morgan fingerprint density at radius 1 is 1.33 bits per heavy atom. The van der Waals surface area contributed by atoms with Gasteiger partial charge in [-0.3, -0.25) is 0 Å². The lowest BCUT2D eigenvalue weighted by molar-refractivity contribution is 0.174. The topological polar surface area (TPSA) is 52.5 Å². The average Bonchev–Trinajstić information content (AvgIpc) is 2.75. The summed E-state index contributed by atoms with van der Waals surface area (Å²) in [4.78, 5) is 1.29. The summed E-state index contributed by atoms with van der Waals surface area (Å²) in [6.07, 6.45) is -0.600. The number of aliphatic hydroxyl groups is 1. The van der Waals surface area contributed by atoms with Crippen LogP contribution >= 0.6 is 11.3 Å². The van der Waals surface area contributed by atoms with E-state index in [0.717, 1.165) is 12.1 Å². The Morgan fingerprint density at radius 2 is 2.17 bits per heavy atom. The van der Waals surface area contributed by atoms with Gasteiger partial charge in [0, 0.05) is 18.0 Å². The lowest BCUT2D eigenvalue weighted by Crippen LogP contribution is -2.20. The monoisotopic (exact) mass is 263 g/mol. The van der Waals surface area contributed by atoms with Crippen LogP contribution in [0.15, 0.2) is 35.7 Å². The van der Waals surface area contributed by atoms with Gasteiger partial charge >= 0.3 is 0 Å². The predicted octanol–water partition coefficient (Wildman–Crippen LogP) is 2.59. The number of aromatic hydroxyl groups is 1. The number of aryl methyl sites for hydroxylation is 1. The molecule has 0 saturated carbocycles. The second-order valence-corrected chi connectivity index (χ2v) is 5.27. The quantitative estimate of drug-likeness (QED) is 0.777. The zero-order valence-electron chi connectivity index (χ0n) is 10.3. The summed E-state index contributed by atoms with van der Waals surface area (Å²) < 4.78 is 0. The van der Waals surface area contributed by atoms with Crippen LogP contribution in [0.5, 0.6) is 5.75 Å². The van der Waals surface area contributed by atoms with Crippen LogP contribution in [0.2, 0.25) is 0 Å². The van der Waals surface area contributed by atoms with Crippen molar-refractivity contribution in [2.24, 2.45) is 0 Å². The average molecular weight is 263 g/mol. The molecule has 0 saturated heterocycles. The van der Waals surface area contributed by atoms with E-state index in [0.29, 0.717) is 6.54 Å². The van der Waals surface area contributed by atoms with Gasteiger partial charge in [0.1, 0.15) is 5.75 Å². The molecule has 0 spiro atoms. The van der Waals surface area contributed by atoms with Crippen molar-refractivity contribution >= 4 is 11.3 Å². The molecular weight excluding hydrogens is 246 g/mol. The molecule has 1 aromatic heterocycles. The maximum absolute atomic E-state index is 9.97. The Balaban J connectivity index is 1.85. The molecule has 2 rings (SSSR count). The fourth-order valence-electron chi connectivity index (χ4n) is 1.76. The number of nitrogens with one attached hydrogen (secondary N) is 1. The van der Waals surface area contributed by atoms with Crippen LogP contribution < -0.4 is 5.32 Å². The van der Waals surface area contributed by atoms with Crippen LogP contribution in [0.4, 0.5) is 0 Å². The van der Waals surface area contributed by atoms with Crippen molar-refractivity contribution in [3.8, 4) is 5.75 Å². The van der Waals surface area contributed by atoms with Crippen molar-refractivity contribution in [3.05, 3.63) is 51.7 Å². The smallest absolute Gasteiger partial charge is 0.115 e. The molecule has 0 aliphatic carbocycles. The molecule has 0 aliphatic rings. The molecule has 0 unspecified atom stereocenters. The molecule has 0 fully saturated rings. The molecule has 0 aliphatic heterocycles. The van der Waals surface area contributed by atoms with Crippen LogP contribution in [0.1, 0.15) is 22.1 Å². The predicted molar refractivity (Wildman–Crippen MR) is 73.8 cm³/mol. The van der Waals surface area contributed by atoms with Gasteiger partial charge in [0.25, 0.3) is 0 Å². The highest BCUT2D eigenvalue weighted by Crippen LogP contribution is 2.18. The van der Waals surface area contributed by atoms with E-state index >= 15 is 0 Å². The Kier molecular flexibility index (Phi) is 4.36. The van der Waals surface area contributed by atoms with Gasteiger partial charge in [0.15, 0.2) is 0 Å². The minimum absolute atomic E-state index is 0.181. The molecule has 2 aromatic rings. The fraction of sp³-hybridized carbons (Fsp3) is 0.286. The van der Waals surface area contributed by atoms with Gasteiger partial charge in [-0.15, -0.1) is 11.3 Å². The molecule has 3 nitrogen and oxygen atoms in total. The molecule has 1 atom stereocenters. The second-order valence-electron chi connectivity index (χ2n) is 4.27. The molecule has 0 bridgehead atoms. The van der Waals surface area contributed by atoms with E-state index in [1.165, 1.54) is 10.4 Å². The number of thiophene rings is 1. The van der Waals surface area contributed by atoms with E-state index in [1.807, 2.05) is 6.07 Å². The van der Waals surface area contributed by atoms with Crippen LogP contribution in [0, 0.1) is 6.92 Å². The standard InChI is InChI=1S/C14H17NO2S/c1-10-5-6-18-14(10)9-15-8-13(17)11-3-2-4-12(16)7-11/h2-7,13,15-17H,8-9H2,1H3/t13-/m0/s1. The maximum Gasteiger partial charge on any atom is 0.115 e. The summed E-state index contributed by atoms with van der Waals surface area (Å²) in [7, 11) is 0. The minimum Gasteiger partial charge on any atom is -0.508 e. The Hall–Kier alpha value is -1.36. The molecular formula is C14H17NO2S. The molecule has 4 heteroatoms. The number of benzene rings is 1. The largest absolute Gasteiger partial charge is 0.508 e. The van der Waals surface area contributed by atoms with E-state index in [9.17, 15) is 10.2 Å². The van der Waals surface area contributed by atoms with Crippen molar-refractivity contribution < 1.29 is 10.2 Å². The van der Waals surface area contributed by atoms with Gasteiger partial charge in [-0.05, 0) is 41.6 Å². The van der Waals surface area contributed by atoms with E-state index < -0.39 is 6.10 Å². The van der Waals surface area contributed by atoms with Crippen LogP contribution in [-0.2, 0) is 6.54 Å². The van der Waals surface area contributed by atoms with E-state index in [2.05, 4.69) is 23.7 Å². The summed E-state index contributed by atoms with van der Waals surface area (Å²) in [5, 5.41) is 24.6. The molecule has 1 heterocycles. The number of phenols is 1. The van der Waals surface area contributed by atoms with Gasteiger partial charge < -0.3 is 15.5 Å². The lowest BCUT2D eigenvalue weighted by atomic mass is 10.1. The Morgan fingerprint density at radius 3 is 2.83 bits per heavy atom. The van der Waals surface area contributed by atoms with Crippen molar-refractivity contribution in [1.29, 1.82) is 0 Å². The summed E-state index contributed by atoms with van der Waals surface area (Å²) in [5.41, 5.74) is 2.00. The third-order valence-electron chi connectivity index (χ3n) is 2.85. The van der Waals surface area contributed by atoms with E-state index in [-0.39, 0.29) is 5.75 Å². The highest BCUT2D eigenvalue weighted by molar-refractivity contribution is 7.10. The molecule has 0 radical (unpaired) electrons. The molecule has 1 aromatic carbocycles. The highest BCUT2D eigenvalue weighted by Gasteiger charge is 2.08. The first kappa shape index (κ1) is 13.1. The number of hydrogen-bond acceptors (Lipinski definition) is 4. The SMILES string of the molecule is Cc1ccsc1CNC[C@H](O)c1cccc(O)c1. The normalized spacial score (nSPS) is 12.6.